The summed E-state index contributed by atoms with van der Waals surface area (Å²) in [6, 6.07) is 1.39. The summed E-state index contributed by atoms with van der Waals surface area (Å²) in [4.78, 5) is 12.9. The van der Waals surface area contributed by atoms with Crippen LogP contribution >= 0.6 is 0 Å². The van der Waals surface area contributed by atoms with Gasteiger partial charge in [-0.2, -0.15) is 8.78 Å². The molecule has 0 amide bonds. The molecule has 0 aliphatic carbocycles. The van der Waals surface area contributed by atoms with Gasteiger partial charge in [-0.3, -0.25) is 9.13 Å². The van der Waals surface area contributed by atoms with Gasteiger partial charge in [0.25, 0.3) is 0 Å². The van der Waals surface area contributed by atoms with Crippen LogP contribution in [0.1, 0.15) is 18.3 Å². The Kier molecular flexibility index (Phi) is 5.75. The van der Waals surface area contributed by atoms with Crippen LogP contribution in [0.5, 0.6) is 0 Å². The van der Waals surface area contributed by atoms with E-state index in [2.05, 4.69) is 5.16 Å². The number of fused-ring (bicyclic) bond motifs is 2. The summed E-state index contributed by atoms with van der Waals surface area (Å²) in [5.74, 6) is -9.70. The molecule has 1 aliphatic heterocycles. The van der Waals surface area contributed by atoms with Crippen LogP contribution in [0, 0.1) is 23.3 Å². The Morgan fingerprint density at radius 3 is 2.43 bits per heavy atom. The fourth-order valence-corrected chi connectivity index (χ4v) is 5.15. The summed E-state index contributed by atoms with van der Waals surface area (Å²) in [7, 11) is -4.01. The third kappa shape index (κ3) is 3.92. The molecule has 1 N–H and O–H groups in total. The second-order valence-electron chi connectivity index (χ2n) is 8.38. The van der Waals surface area contributed by atoms with E-state index in [0.717, 1.165) is 29.0 Å². The molecule has 15 heteroatoms. The normalized spacial score (nSPS) is 17.0. The standard InChI is InChI=1S/C22H16F6N4O4S/c1-2-37(34,35)30-15-8-32-16(22(15,27)28)9-31(21(32)33)7-13-18-14(36-29-13)6-12(25)20(26)19(18)17-10(23)4-3-5-11(17)24/h3-6,9,15,30H,2,7-8H2,1H3/t15-/m1/s1. The van der Waals surface area contributed by atoms with Gasteiger partial charge in [0.2, 0.25) is 10.0 Å². The number of nitrogens with one attached hydrogen (secondary N) is 1. The molecule has 2 aromatic heterocycles. The molecule has 3 heterocycles. The molecule has 37 heavy (non-hydrogen) atoms. The molecule has 0 bridgehead atoms. The lowest BCUT2D eigenvalue weighted by Crippen LogP contribution is -2.45. The van der Waals surface area contributed by atoms with Crippen molar-refractivity contribution in [2.45, 2.75) is 32.0 Å². The van der Waals surface area contributed by atoms with E-state index in [1.54, 1.807) is 0 Å². The lowest BCUT2D eigenvalue weighted by Gasteiger charge is -2.19. The third-order valence-corrected chi connectivity index (χ3v) is 7.55. The van der Waals surface area contributed by atoms with Crippen molar-refractivity contribution in [1.82, 2.24) is 19.0 Å². The molecule has 0 fully saturated rings. The van der Waals surface area contributed by atoms with Crippen molar-refractivity contribution in [2.75, 3.05) is 5.75 Å². The Morgan fingerprint density at radius 1 is 1.14 bits per heavy atom. The molecule has 0 saturated heterocycles. The highest BCUT2D eigenvalue weighted by Gasteiger charge is 2.52. The van der Waals surface area contributed by atoms with E-state index >= 15 is 0 Å². The van der Waals surface area contributed by atoms with Crippen molar-refractivity contribution in [1.29, 1.82) is 0 Å². The number of halogens is 6. The Hall–Kier alpha value is -3.59. The first-order valence-corrected chi connectivity index (χ1v) is 12.4. The zero-order chi connectivity index (χ0) is 26.9. The van der Waals surface area contributed by atoms with Gasteiger partial charge in [0.1, 0.15) is 29.1 Å². The van der Waals surface area contributed by atoms with Crippen LogP contribution in [-0.4, -0.2) is 34.5 Å². The minimum atomic E-state index is -4.01. The third-order valence-electron chi connectivity index (χ3n) is 6.15. The summed E-state index contributed by atoms with van der Waals surface area (Å²) in [6.45, 7) is -0.0129. The Labute approximate surface area is 204 Å². The van der Waals surface area contributed by atoms with Crippen LogP contribution in [0.25, 0.3) is 22.1 Å². The monoisotopic (exact) mass is 546 g/mol. The molecule has 0 saturated carbocycles. The van der Waals surface area contributed by atoms with Crippen LogP contribution in [-0.2, 0) is 29.0 Å². The van der Waals surface area contributed by atoms with Gasteiger partial charge in [0, 0.05) is 17.8 Å². The van der Waals surface area contributed by atoms with Crippen molar-refractivity contribution in [3.8, 4) is 11.1 Å². The highest BCUT2D eigenvalue weighted by molar-refractivity contribution is 7.89. The average molecular weight is 546 g/mol. The maximum atomic E-state index is 15.0. The van der Waals surface area contributed by atoms with Crippen molar-refractivity contribution in [2.24, 2.45) is 0 Å². The predicted molar refractivity (Wildman–Crippen MR) is 117 cm³/mol. The van der Waals surface area contributed by atoms with Gasteiger partial charge in [0.15, 0.2) is 17.2 Å². The zero-order valence-corrected chi connectivity index (χ0v) is 19.6. The number of rotatable bonds is 6. The van der Waals surface area contributed by atoms with E-state index in [1.807, 2.05) is 4.72 Å². The number of sulfonamides is 1. The minimum absolute atomic E-state index is 0.288. The minimum Gasteiger partial charge on any atom is -0.356 e. The lowest BCUT2D eigenvalue weighted by molar-refractivity contribution is -0.0249. The molecule has 196 valence electrons. The molecule has 0 unspecified atom stereocenters. The molecular weight excluding hydrogens is 530 g/mol. The number of hydrogen-bond donors (Lipinski definition) is 1. The van der Waals surface area contributed by atoms with Crippen molar-refractivity contribution in [3.63, 3.8) is 0 Å². The fourth-order valence-electron chi connectivity index (χ4n) is 4.33. The summed E-state index contributed by atoms with van der Waals surface area (Å²) >= 11 is 0. The molecule has 2 aromatic carbocycles. The van der Waals surface area contributed by atoms with E-state index in [9.17, 15) is 39.6 Å². The number of nitrogens with zero attached hydrogens (tertiary/aromatic N) is 3. The Balaban J connectivity index is 1.61. The second-order valence-corrected chi connectivity index (χ2v) is 10.4. The van der Waals surface area contributed by atoms with Crippen molar-refractivity contribution in [3.05, 3.63) is 75.6 Å². The van der Waals surface area contributed by atoms with Gasteiger partial charge in [-0.05, 0) is 19.1 Å². The van der Waals surface area contributed by atoms with Gasteiger partial charge < -0.3 is 4.52 Å². The number of aromatic nitrogens is 3. The summed E-state index contributed by atoms with van der Waals surface area (Å²) < 4.78 is 120. The molecule has 0 spiro atoms. The zero-order valence-electron chi connectivity index (χ0n) is 18.7. The number of benzene rings is 2. The van der Waals surface area contributed by atoms with E-state index < -0.39 is 92.2 Å². The quantitative estimate of drug-likeness (QED) is 0.374. The first kappa shape index (κ1) is 25.1. The van der Waals surface area contributed by atoms with Crippen molar-refractivity contribution < 1.29 is 39.3 Å². The van der Waals surface area contributed by atoms with Gasteiger partial charge in [-0.25, -0.2) is 35.5 Å². The van der Waals surface area contributed by atoms with Gasteiger partial charge in [-0.1, -0.05) is 11.2 Å². The van der Waals surface area contributed by atoms with Gasteiger partial charge >= 0.3 is 11.6 Å². The molecule has 4 aromatic rings. The maximum absolute atomic E-state index is 15.0. The van der Waals surface area contributed by atoms with E-state index in [-0.39, 0.29) is 11.1 Å². The topological polar surface area (TPSA) is 99.1 Å². The lowest BCUT2D eigenvalue weighted by atomic mass is 9.98. The summed E-state index contributed by atoms with van der Waals surface area (Å²) in [5.41, 5.74) is -4.20. The Bertz CT molecular complexity index is 1710. The fraction of sp³-hybridized carbons (Fsp3) is 0.273. The number of imidazole rings is 1. The van der Waals surface area contributed by atoms with E-state index in [4.69, 9.17) is 4.52 Å². The number of alkyl halides is 2. The molecule has 5 rings (SSSR count). The van der Waals surface area contributed by atoms with Crippen LogP contribution in [0.15, 0.2) is 39.8 Å². The molecule has 8 nitrogen and oxygen atoms in total. The molecule has 0 radical (unpaired) electrons. The maximum Gasteiger partial charge on any atom is 0.328 e. The van der Waals surface area contributed by atoms with Crippen LogP contribution < -0.4 is 10.4 Å². The highest BCUT2D eigenvalue weighted by Crippen LogP contribution is 2.40. The summed E-state index contributed by atoms with van der Waals surface area (Å²) in [6.07, 6.45) is 0.770. The SMILES string of the molecule is CCS(=O)(=O)N[C@@H]1Cn2c(cn(Cc3noc4cc(F)c(F)c(-c5c(F)cccc5F)c34)c2=O)C1(F)F. The first-order valence-electron chi connectivity index (χ1n) is 10.7. The summed E-state index contributed by atoms with van der Waals surface area (Å²) in [5, 5.41) is 3.29. The number of hydrogen-bond acceptors (Lipinski definition) is 5. The molecule has 1 atom stereocenters. The smallest absolute Gasteiger partial charge is 0.328 e. The van der Waals surface area contributed by atoms with Gasteiger partial charge in [-0.15, -0.1) is 0 Å². The van der Waals surface area contributed by atoms with E-state index in [0.29, 0.717) is 10.6 Å². The van der Waals surface area contributed by atoms with Crippen LogP contribution in [0.3, 0.4) is 0 Å². The van der Waals surface area contributed by atoms with E-state index in [1.165, 1.54) is 6.92 Å². The Morgan fingerprint density at radius 2 is 1.81 bits per heavy atom. The second kappa shape index (κ2) is 8.48. The van der Waals surface area contributed by atoms with Gasteiger partial charge in [0.05, 0.1) is 29.8 Å². The van der Waals surface area contributed by atoms with Crippen LogP contribution in [0.4, 0.5) is 26.3 Å². The van der Waals surface area contributed by atoms with Crippen LogP contribution in [0.2, 0.25) is 0 Å². The largest absolute Gasteiger partial charge is 0.356 e. The predicted octanol–water partition coefficient (Wildman–Crippen LogP) is 3.48. The first-order chi connectivity index (χ1) is 17.4. The average Bonchev–Trinajstić information content (AvgIpc) is 3.44. The molecule has 1 aliphatic rings. The van der Waals surface area contributed by atoms with Crippen molar-refractivity contribution >= 4 is 21.0 Å². The molecular formula is C22H16F6N4O4S. The highest BCUT2D eigenvalue weighted by atomic mass is 32.2.